The zero-order chi connectivity index (χ0) is 19.8. The van der Waals surface area contributed by atoms with Crippen LogP contribution in [0.3, 0.4) is 0 Å². The normalized spacial score (nSPS) is 17.4. The monoisotopic (exact) mass is 401 g/mol. The topological polar surface area (TPSA) is 98.9 Å². The molecule has 148 valence electrons. The van der Waals surface area contributed by atoms with Crippen molar-refractivity contribution in [3.05, 3.63) is 49.3 Å². The van der Waals surface area contributed by atoms with E-state index in [4.69, 9.17) is 0 Å². The molecular weight excluding hydrogens is 378 g/mol. The van der Waals surface area contributed by atoms with Crippen molar-refractivity contribution < 1.29 is 4.79 Å². The van der Waals surface area contributed by atoms with Gasteiger partial charge in [0.2, 0.25) is 5.91 Å². The number of aryl methyl sites for hydroxylation is 3. The van der Waals surface area contributed by atoms with E-state index in [1.54, 1.807) is 17.6 Å². The maximum Gasteiger partial charge on any atom is 0.267 e. The standard InChI is InChI=1S/C19H23N5O3S/c1-11-12(2)21-19-24(18(11)27)14(10-28-19)9-16(25)20-6-7-23-17(26)8-13-4-3-5-15(13)22-23/h8,14H,3-7,9-10H2,1-2H3,(H,20,25). The Bertz CT molecular complexity index is 1060. The van der Waals surface area contributed by atoms with Crippen molar-refractivity contribution in [2.24, 2.45) is 0 Å². The van der Waals surface area contributed by atoms with E-state index in [1.165, 1.54) is 16.4 Å². The highest BCUT2D eigenvalue weighted by atomic mass is 32.2. The van der Waals surface area contributed by atoms with Gasteiger partial charge in [-0.2, -0.15) is 5.10 Å². The summed E-state index contributed by atoms with van der Waals surface area (Å²) in [5.74, 6) is 0.516. The lowest BCUT2D eigenvalue weighted by Gasteiger charge is -2.14. The zero-order valence-electron chi connectivity index (χ0n) is 16.0. The highest BCUT2D eigenvalue weighted by molar-refractivity contribution is 7.99. The number of aromatic nitrogens is 4. The number of hydrogen-bond donors (Lipinski definition) is 1. The lowest BCUT2D eigenvalue weighted by Crippen LogP contribution is -2.35. The molecular formula is C19H23N5O3S. The van der Waals surface area contributed by atoms with Gasteiger partial charge in [0, 0.05) is 36.0 Å². The van der Waals surface area contributed by atoms with Gasteiger partial charge in [0.25, 0.3) is 11.1 Å². The van der Waals surface area contributed by atoms with E-state index in [1.807, 2.05) is 6.92 Å². The summed E-state index contributed by atoms with van der Waals surface area (Å²) in [4.78, 5) is 41.5. The highest BCUT2D eigenvalue weighted by Crippen LogP contribution is 2.32. The van der Waals surface area contributed by atoms with E-state index in [2.05, 4.69) is 15.4 Å². The van der Waals surface area contributed by atoms with Crippen molar-refractivity contribution in [1.82, 2.24) is 24.6 Å². The molecule has 0 aromatic carbocycles. The molecule has 8 nitrogen and oxygen atoms in total. The quantitative estimate of drug-likeness (QED) is 0.743. The average molecular weight is 401 g/mol. The number of thioether (sulfide) groups is 1. The third kappa shape index (κ3) is 3.50. The van der Waals surface area contributed by atoms with Crippen molar-refractivity contribution >= 4 is 17.7 Å². The summed E-state index contributed by atoms with van der Waals surface area (Å²) in [6, 6.07) is 1.47. The van der Waals surface area contributed by atoms with E-state index in [-0.39, 0.29) is 29.5 Å². The molecule has 1 aliphatic heterocycles. The molecule has 1 atom stereocenters. The molecule has 1 N–H and O–H groups in total. The van der Waals surface area contributed by atoms with E-state index < -0.39 is 0 Å². The summed E-state index contributed by atoms with van der Waals surface area (Å²) >= 11 is 1.51. The Morgan fingerprint density at radius 3 is 2.96 bits per heavy atom. The Labute approximate surface area is 166 Å². The highest BCUT2D eigenvalue weighted by Gasteiger charge is 2.28. The molecule has 1 amide bonds. The molecule has 9 heteroatoms. The van der Waals surface area contributed by atoms with Crippen LogP contribution in [-0.4, -0.2) is 37.5 Å². The van der Waals surface area contributed by atoms with Crippen molar-refractivity contribution in [3.63, 3.8) is 0 Å². The number of nitrogens with one attached hydrogen (secondary N) is 1. The molecule has 1 unspecified atom stereocenters. The third-order valence-corrected chi connectivity index (χ3v) is 6.51. The maximum atomic E-state index is 12.5. The number of fused-ring (bicyclic) bond motifs is 2. The summed E-state index contributed by atoms with van der Waals surface area (Å²) in [6.07, 6.45) is 3.08. The molecule has 2 aromatic heterocycles. The van der Waals surface area contributed by atoms with E-state index in [0.29, 0.717) is 29.6 Å². The Balaban J connectivity index is 1.36. The van der Waals surface area contributed by atoms with Gasteiger partial charge in [0.15, 0.2) is 5.16 Å². The van der Waals surface area contributed by atoms with Gasteiger partial charge in [-0.15, -0.1) is 0 Å². The second kappa shape index (κ2) is 7.54. The predicted octanol–water partition coefficient (Wildman–Crippen LogP) is 0.759. The Kier molecular flexibility index (Phi) is 5.09. The van der Waals surface area contributed by atoms with Crippen LogP contribution < -0.4 is 16.4 Å². The van der Waals surface area contributed by atoms with Crippen molar-refractivity contribution in [1.29, 1.82) is 0 Å². The second-order valence-electron chi connectivity index (χ2n) is 7.33. The third-order valence-electron chi connectivity index (χ3n) is 5.41. The predicted molar refractivity (Wildman–Crippen MR) is 106 cm³/mol. The lowest BCUT2D eigenvalue weighted by molar-refractivity contribution is -0.121. The molecule has 0 bridgehead atoms. The molecule has 1 aliphatic carbocycles. The number of nitrogens with zero attached hydrogens (tertiary/aromatic N) is 4. The van der Waals surface area contributed by atoms with Crippen LogP contribution in [0, 0.1) is 13.8 Å². The van der Waals surface area contributed by atoms with Crippen LogP contribution in [0.25, 0.3) is 0 Å². The minimum Gasteiger partial charge on any atom is -0.354 e. The molecule has 0 fully saturated rings. The van der Waals surface area contributed by atoms with Crippen molar-refractivity contribution in [3.8, 4) is 0 Å². The van der Waals surface area contributed by atoms with Crippen LogP contribution in [0.15, 0.2) is 20.8 Å². The fourth-order valence-electron chi connectivity index (χ4n) is 3.71. The van der Waals surface area contributed by atoms with Crippen molar-refractivity contribution in [2.45, 2.75) is 57.3 Å². The molecule has 0 saturated carbocycles. The summed E-state index contributed by atoms with van der Waals surface area (Å²) in [5.41, 5.74) is 3.20. The lowest BCUT2D eigenvalue weighted by atomic mass is 10.2. The Morgan fingerprint density at radius 2 is 2.14 bits per heavy atom. The summed E-state index contributed by atoms with van der Waals surface area (Å²) in [5, 5.41) is 7.93. The first-order chi connectivity index (χ1) is 13.4. The fourth-order valence-corrected chi connectivity index (χ4v) is 4.89. The Hall–Kier alpha value is -2.42. The summed E-state index contributed by atoms with van der Waals surface area (Å²) < 4.78 is 3.06. The van der Waals surface area contributed by atoms with Crippen LogP contribution in [0.5, 0.6) is 0 Å². The first kappa shape index (κ1) is 18.9. The molecule has 4 rings (SSSR count). The van der Waals surface area contributed by atoms with Crippen molar-refractivity contribution in [2.75, 3.05) is 12.3 Å². The number of amides is 1. The van der Waals surface area contributed by atoms with Gasteiger partial charge >= 0.3 is 0 Å². The van der Waals surface area contributed by atoms with Gasteiger partial charge in [-0.05, 0) is 38.7 Å². The molecule has 0 radical (unpaired) electrons. The number of carbonyl (C=O) groups excluding carboxylic acids is 1. The average Bonchev–Trinajstić information content (AvgIpc) is 3.26. The molecule has 28 heavy (non-hydrogen) atoms. The van der Waals surface area contributed by atoms with Crippen LogP contribution >= 0.6 is 11.8 Å². The zero-order valence-corrected chi connectivity index (χ0v) is 16.8. The SMILES string of the molecule is Cc1nc2n(c(=O)c1C)C(CC(=O)NCCn1nc3c(cc1=O)CCC3)CS2. The number of rotatable bonds is 5. The van der Waals surface area contributed by atoms with E-state index in [0.717, 1.165) is 36.2 Å². The summed E-state index contributed by atoms with van der Waals surface area (Å²) in [7, 11) is 0. The van der Waals surface area contributed by atoms with Gasteiger partial charge in [0.05, 0.1) is 18.3 Å². The van der Waals surface area contributed by atoms with Gasteiger partial charge in [-0.3, -0.25) is 19.0 Å². The second-order valence-corrected chi connectivity index (χ2v) is 8.32. The molecule has 2 aliphatic rings. The molecule has 2 aromatic rings. The van der Waals surface area contributed by atoms with Crippen LogP contribution in [-0.2, 0) is 24.2 Å². The van der Waals surface area contributed by atoms with Gasteiger partial charge in [-0.1, -0.05) is 11.8 Å². The van der Waals surface area contributed by atoms with Gasteiger partial charge in [-0.25, -0.2) is 9.67 Å². The van der Waals surface area contributed by atoms with Crippen LogP contribution in [0.1, 0.15) is 41.4 Å². The van der Waals surface area contributed by atoms with Gasteiger partial charge < -0.3 is 5.32 Å². The molecule has 0 spiro atoms. The number of carbonyl (C=O) groups is 1. The van der Waals surface area contributed by atoms with Gasteiger partial charge in [0.1, 0.15) is 0 Å². The minimum atomic E-state index is -0.194. The summed E-state index contributed by atoms with van der Waals surface area (Å²) in [6.45, 7) is 4.26. The largest absolute Gasteiger partial charge is 0.354 e. The van der Waals surface area contributed by atoms with Crippen LogP contribution in [0.4, 0.5) is 0 Å². The first-order valence-corrected chi connectivity index (χ1v) is 10.5. The maximum absolute atomic E-state index is 12.5. The van der Waals surface area contributed by atoms with Crippen LogP contribution in [0.2, 0.25) is 0 Å². The smallest absolute Gasteiger partial charge is 0.267 e. The van der Waals surface area contributed by atoms with E-state index >= 15 is 0 Å². The minimum absolute atomic E-state index is 0.0702. The molecule has 3 heterocycles. The fraction of sp³-hybridized carbons (Fsp3) is 0.526. The first-order valence-electron chi connectivity index (χ1n) is 9.53. The van der Waals surface area contributed by atoms with E-state index in [9.17, 15) is 14.4 Å². The Morgan fingerprint density at radius 1 is 1.32 bits per heavy atom. The number of hydrogen-bond acceptors (Lipinski definition) is 6. The molecule has 0 saturated heterocycles.